The number of rotatable bonds is 7. The van der Waals surface area contributed by atoms with Crippen molar-refractivity contribution in [1.29, 1.82) is 0 Å². The number of aromatic nitrogens is 1. The lowest BCUT2D eigenvalue weighted by atomic mass is 10.1. The normalized spacial score (nSPS) is 14.4. The van der Waals surface area contributed by atoms with E-state index in [-0.39, 0.29) is 41.0 Å². The average molecular weight is 548 g/mol. The minimum Gasteiger partial charge on any atom is -0.481 e. The highest BCUT2D eigenvalue weighted by Crippen LogP contribution is 2.39. The van der Waals surface area contributed by atoms with E-state index in [1.807, 2.05) is 0 Å². The smallest absolute Gasteiger partial charge is 0.416 e. The van der Waals surface area contributed by atoms with Gasteiger partial charge in [-0.25, -0.2) is 8.42 Å². The Kier molecular flexibility index (Phi) is 7.45. The van der Waals surface area contributed by atoms with Crippen LogP contribution in [0, 0.1) is 0 Å². The zero-order chi connectivity index (χ0) is 27.7. The standard InChI is InChI=1S/C26H24F3N3O5S/c1-3-38(35,36)20-7-4-17(5-8-20)12-24(33)31-19-6-9-22-23(14-19)37-15-25(34)32(22)16(2)21-13-18(10-11-30-21)26(27,28)29/h4-11,13-14,16H,3,12,15H2,1-2H3,(H,31,33). The minimum atomic E-state index is -4.55. The summed E-state index contributed by atoms with van der Waals surface area (Å²) in [5.74, 6) is -0.558. The van der Waals surface area contributed by atoms with E-state index in [1.165, 1.54) is 29.2 Å². The van der Waals surface area contributed by atoms with Crippen molar-refractivity contribution in [1.82, 2.24) is 4.98 Å². The first-order valence-corrected chi connectivity index (χ1v) is 13.3. The molecule has 0 saturated heterocycles. The van der Waals surface area contributed by atoms with Gasteiger partial charge in [0.25, 0.3) is 5.91 Å². The number of alkyl halides is 3. The van der Waals surface area contributed by atoms with Gasteiger partial charge in [-0.2, -0.15) is 13.2 Å². The fourth-order valence-electron chi connectivity index (χ4n) is 4.03. The number of hydrogen-bond donors (Lipinski definition) is 1. The Bertz CT molecular complexity index is 1470. The number of carbonyl (C=O) groups is 2. The van der Waals surface area contributed by atoms with Gasteiger partial charge in [-0.1, -0.05) is 19.1 Å². The van der Waals surface area contributed by atoms with E-state index in [4.69, 9.17) is 4.74 Å². The van der Waals surface area contributed by atoms with Crippen LogP contribution in [-0.2, 0) is 32.0 Å². The molecule has 12 heteroatoms. The number of sulfone groups is 1. The summed E-state index contributed by atoms with van der Waals surface area (Å²) in [6, 6.07) is 11.6. The highest BCUT2D eigenvalue weighted by Gasteiger charge is 2.34. The fraction of sp³-hybridized carbons (Fsp3) is 0.269. The monoisotopic (exact) mass is 547 g/mol. The Balaban J connectivity index is 1.50. The first-order chi connectivity index (χ1) is 17.9. The maximum atomic E-state index is 13.2. The molecule has 1 aliphatic heterocycles. The third-order valence-corrected chi connectivity index (χ3v) is 7.82. The molecule has 1 N–H and O–H groups in total. The lowest BCUT2D eigenvalue weighted by Crippen LogP contribution is -2.40. The van der Waals surface area contributed by atoms with E-state index in [9.17, 15) is 31.2 Å². The zero-order valence-corrected chi connectivity index (χ0v) is 21.3. The second kappa shape index (κ2) is 10.4. The Morgan fingerprint density at radius 3 is 2.50 bits per heavy atom. The number of amides is 2. The molecular weight excluding hydrogens is 523 g/mol. The van der Waals surface area contributed by atoms with Crippen LogP contribution in [0.3, 0.4) is 0 Å². The van der Waals surface area contributed by atoms with E-state index in [1.54, 1.807) is 32.0 Å². The molecular formula is C26H24F3N3O5S. The van der Waals surface area contributed by atoms with Gasteiger partial charge in [0, 0.05) is 18.0 Å². The fourth-order valence-corrected chi connectivity index (χ4v) is 4.92. The van der Waals surface area contributed by atoms with Crippen LogP contribution >= 0.6 is 0 Å². The van der Waals surface area contributed by atoms with Crippen molar-refractivity contribution >= 4 is 33.0 Å². The summed E-state index contributed by atoms with van der Waals surface area (Å²) < 4.78 is 68.9. The highest BCUT2D eigenvalue weighted by molar-refractivity contribution is 7.91. The van der Waals surface area contributed by atoms with Crippen LogP contribution in [0.5, 0.6) is 5.75 Å². The lowest BCUT2D eigenvalue weighted by Gasteiger charge is -2.34. The molecule has 0 saturated carbocycles. The van der Waals surface area contributed by atoms with Crippen LogP contribution in [0.2, 0.25) is 0 Å². The Hall–Kier alpha value is -3.93. The molecule has 2 heterocycles. The second-order valence-corrected chi connectivity index (χ2v) is 10.9. The molecule has 4 rings (SSSR count). The Morgan fingerprint density at radius 1 is 1.13 bits per heavy atom. The molecule has 8 nitrogen and oxygen atoms in total. The van der Waals surface area contributed by atoms with Gasteiger partial charge in [-0.3, -0.25) is 19.5 Å². The van der Waals surface area contributed by atoms with Gasteiger partial charge in [0.2, 0.25) is 5.91 Å². The van der Waals surface area contributed by atoms with E-state index >= 15 is 0 Å². The Morgan fingerprint density at radius 2 is 1.84 bits per heavy atom. The molecule has 0 aliphatic carbocycles. The molecule has 1 unspecified atom stereocenters. The SMILES string of the molecule is CCS(=O)(=O)c1ccc(CC(=O)Nc2ccc3c(c2)OCC(=O)N3C(C)c2cc(C(F)(F)F)ccn2)cc1. The van der Waals surface area contributed by atoms with E-state index < -0.39 is 33.5 Å². The number of benzene rings is 2. The van der Waals surface area contributed by atoms with Crippen molar-refractivity contribution in [3.63, 3.8) is 0 Å². The van der Waals surface area contributed by atoms with Crippen molar-refractivity contribution in [2.45, 2.75) is 37.4 Å². The molecule has 2 aromatic carbocycles. The average Bonchev–Trinajstić information content (AvgIpc) is 2.88. The first kappa shape index (κ1) is 27.1. The van der Waals surface area contributed by atoms with Gasteiger partial charge < -0.3 is 10.1 Å². The molecule has 0 bridgehead atoms. The summed E-state index contributed by atoms with van der Waals surface area (Å²) in [6.45, 7) is 2.79. The van der Waals surface area contributed by atoms with Crippen molar-refractivity contribution in [3.05, 3.63) is 77.6 Å². The number of pyridine rings is 1. The van der Waals surface area contributed by atoms with Crippen LogP contribution in [0.1, 0.15) is 36.7 Å². The molecule has 1 aromatic heterocycles. The third kappa shape index (κ3) is 5.80. The number of halogens is 3. The zero-order valence-electron chi connectivity index (χ0n) is 20.4. The first-order valence-electron chi connectivity index (χ1n) is 11.6. The van der Waals surface area contributed by atoms with Crippen LogP contribution in [-0.4, -0.2) is 37.6 Å². The Labute approximate surface area is 217 Å². The van der Waals surface area contributed by atoms with E-state index in [0.29, 0.717) is 16.9 Å². The predicted octanol–water partition coefficient (Wildman–Crippen LogP) is 4.56. The summed E-state index contributed by atoms with van der Waals surface area (Å²) in [4.78, 5) is 30.8. The molecule has 3 aromatic rings. The summed E-state index contributed by atoms with van der Waals surface area (Å²) in [5.41, 5.74) is 0.536. The molecule has 1 atom stereocenters. The van der Waals surface area contributed by atoms with Crippen molar-refractivity contribution in [3.8, 4) is 5.75 Å². The maximum Gasteiger partial charge on any atom is 0.416 e. The number of hydrogen-bond acceptors (Lipinski definition) is 6. The number of ether oxygens (including phenoxy) is 1. The number of nitrogens with zero attached hydrogens (tertiary/aromatic N) is 2. The van der Waals surface area contributed by atoms with Crippen LogP contribution in [0.15, 0.2) is 65.7 Å². The molecule has 0 fully saturated rings. The van der Waals surface area contributed by atoms with Gasteiger partial charge in [0.1, 0.15) is 5.75 Å². The number of fused-ring (bicyclic) bond motifs is 1. The van der Waals surface area contributed by atoms with Crippen molar-refractivity contribution < 1.29 is 35.9 Å². The topological polar surface area (TPSA) is 106 Å². The quantitative estimate of drug-likeness (QED) is 0.465. The third-order valence-electron chi connectivity index (χ3n) is 6.07. The van der Waals surface area contributed by atoms with Crippen LogP contribution in [0.4, 0.5) is 24.5 Å². The molecule has 2 amide bonds. The molecule has 0 spiro atoms. The van der Waals surface area contributed by atoms with E-state index in [2.05, 4.69) is 10.3 Å². The molecule has 200 valence electrons. The summed E-state index contributed by atoms with van der Waals surface area (Å²) >= 11 is 0. The van der Waals surface area contributed by atoms with Gasteiger partial charge >= 0.3 is 6.18 Å². The van der Waals surface area contributed by atoms with Crippen molar-refractivity contribution in [2.24, 2.45) is 0 Å². The van der Waals surface area contributed by atoms with Crippen LogP contribution in [0.25, 0.3) is 0 Å². The lowest BCUT2D eigenvalue weighted by molar-refractivity contribution is -0.137. The second-order valence-electron chi connectivity index (χ2n) is 8.65. The number of nitrogens with one attached hydrogen (secondary N) is 1. The summed E-state index contributed by atoms with van der Waals surface area (Å²) in [6.07, 6.45) is -3.50. The molecule has 38 heavy (non-hydrogen) atoms. The largest absolute Gasteiger partial charge is 0.481 e. The summed E-state index contributed by atoms with van der Waals surface area (Å²) in [7, 11) is -3.34. The highest BCUT2D eigenvalue weighted by atomic mass is 32.2. The number of anilines is 2. The molecule has 1 aliphatic rings. The summed E-state index contributed by atoms with van der Waals surface area (Å²) in [5, 5.41) is 2.73. The minimum absolute atomic E-state index is 0.00669. The molecule has 0 radical (unpaired) electrons. The van der Waals surface area contributed by atoms with Gasteiger partial charge in [0.05, 0.1) is 40.1 Å². The van der Waals surface area contributed by atoms with E-state index in [0.717, 1.165) is 18.3 Å². The number of carbonyl (C=O) groups excluding carboxylic acids is 2. The van der Waals surface area contributed by atoms with Crippen LogP contribution < -0.4 is 15.0 Å². The van der Waals surface area contributed by atoms with Crippen molar-refractivity contribution in [2.75, 3.05) is 22.6 Å². The van der Waals surface area contributed by atoms with Gasteiger partial charge in [0.15, 0.2) is 16.4 Å². The van der Waals surface area contributed by atoms with Gasteiger partial charge in [-0.15, -0.1) is 0 Å². The predicted molar refractivity (Wildman–Crippen MR) is 134 cm³/mol. The maximum absolute atomic E-state index is 13.2. The van der Waals surface area contributed by atoms with Gasteiger partial charge in [-0.05, 0) is 48.9 Å².